The zero-order valence-electron chi connectivity index (χ0n) is 11.7. The van der Waals surface area contributed by atoms with Crippen molar-refractivity contribution >= 4 is 22.9 Å². The van der Waals surface area contributed by atoms with Crippen molar-refractivity contribution in [1.29, 1.82) is 0 Å². The van der Waals surface area contributed by atoms with E-state index < -0.39 is 0 Å². The topological polar surface area (TPSA) is 54.7 Å². The third kappa shape index (κ3) is 2.63. The van der Waals surface area contributed by atoms with Crippen molar-refractivity contribution in [2.45, 2.75) is 10.6 Å². The molecule has 0 bridgehead atoms. The van der Waals surface area contributed by atoms with Gasteiger partial charge in [0, 0.05) is 16.7 Å². The Morgan fingerprint density at radius 2 is 2.00 bits per heavy atom. The van der Waals surface area contributed by atoms with E-state index in [2.05, 4.69) is 27.1 Å². The number of nitrogens with one attached hydrogen (secondary N) is 1. The molecule has 4 rings (SSSR count). The third-order valence-corrected chi connectivity index (χ3v) is 4.33. The second-order valence-electron chi connectivity index (χ2n) is 4.86. The lowest BCUT2D eigenvalue weighted by atomic mass is 10.2. The van der Waals surface area contributed by atoms with Crippen molar-refractivity contribution in [3.8, 4) is 11.3 Å². The summed E-state index contributed by atoms with van der Waals surface area (Å²) in [6, 6.07) is 16.1. The van der Waals surface area contributed by atoms with Crippen molar-refractivity contribution in [2.75, 3.05) is 0 Å². The highest BCUT2D eigenvalue weighted by molar-refractivity contribution is 7.98. The quantitative estimate of drug-likeness (QED) is 0.564. The van der Waals surface area contributed by atoms with Gasteiger partial charge in [-0.25, -0.2) is 9.97 Å². The zero-order chi connectivity index (χ0) is 14.8. The van der Waals surface area contributed by atoms with Gasteiger partial charge in [-0.3, -0.25) is 0 Å². The molecule has 0 saturated heterocycles. The van der Waals surface area contributed by atoms with Crippen molar-refractivity contribution in [2.24, 2.45) is 0 Å². The highest BCUT2D eigenvalue weighted by Crippen LogP contribution is 2.24. The van der Waals surface area contributed by atoms with Crippen LogP contribution < -0.4 is 0 Å². The smallest absolute Gasteiger partial charge is 0.177 e. The fourth-order valence-electron chi connectivity index (χ4n) is 2.26. The molecule has 0 unspecified atom stereocenters. The van der Waals surface area contributed by atoms with Crippen LogP contribution in [-0.4, -0.2) is 15.0 Å². The van der Waals surface area contributed by atoms with E-state index in [9.17, 15) is 0 Å². The van der Waals surface area contributed by atoms with Crippen LogP contribution in [-0.2, 0) is 5.75 Å². The van der Waals surface area contributed by atoms with Gasteiger partial charge in [-0.05, 0) is 30.3 Å². The van der Waals surface area contributed by atoms with Gasteiger partial charge in [-0.1, -0.05) is 18.2 Å². The number of H-pyrrole nitrogens is 1. The molecule has 0 saturated carbocycles. The number of hydrogen-bond acceptors (Lipinski definition) is 4. The molecule has 22 heavy (non-hydrogen) atoms. The number of imidazole rings is 1. The van der Waals surface area contributed by atoms with Gasteiger partial charge >= 0.3 is 0 Å². The Balaban J connectivity index is 1.58. The van der Waals surface area contributed by atoms with E-state index in [1.807, 2.05) is 36.4 Å². The van der Waals surface area contributed by atoms with Gasteiger partial charge in [0.25, 0.3) is 0 Å². The monoisotopic (exact) mass is 307 g/mol. The van der Waals surface area contributed by atoms with Gasteiger partial charge in [-0.2, -0.15) is 0 Å². The first-order chi connectivity index (χ1) is 10.9. The fraction of sp³-hybridized carbons (Fsp3) is 0.0588. The number of furan rings is 1. The van der Waals surface area contributed by atoms with E-state index >= 15 is 0 Å². The first-order valence-electron chi connectivity index (χ1n) is 6.95. The lowest BCUT2D eigenvalue weighted by Crippen LogP contribution is -1.83. The Bertz CT molecular complexity index is 885. The molecule has 4 nitrogen and oxygen atoms in total. The number of pyridine rings is 1. The van der Waals surface area contributed by atoms with Crippen LogP contribution in [0.25, 0.3) is 22.5 Å². The van der Waals surface area contributed by atoms with Crippen LogP contribution in [0.2, 0.25) is 0 Å². The number of hydrogen-bond donors (Lipinski definition) is 1. The Kier molecular flexibility index (Phi) is 3.40. The summed E-state index contributed by atoms with van der Waals surface area (Å²) in [6.07, 6.45) is 3.45. The number of thioether (sulfide) groups is 1. The Morgan fingerprint density at radius 1 is 1.09 bits per heavy atom. The maximum atomic E-state index is 5.40. The maximum absolute atomic E-state index is 5.40. The molecule has 3 heterocycles. The number of fused-ring (bicyclic) bond motifs is 1. The van der Waals surface area contributed by atoms with Crippen LogP contribution in [0.3, 0.4) is 0 Å². The molecule has 5 heteroatoms. The second kappa shape index (κ2) is 5.69. The molecular formula is C17H13N3OS. The number of benzene rings is 1. The normalized spacial score (nSPS) is 11.1. The Labute approximate surface area is 131 Å². The average Bonchev–Trinajstić information content (AvgIpc) is 3.22. The lowest BCUT2D eigenvalue weighted by Gasteiger charge is -1.97. The fourth-order valence-corrected chi connectivity index (χ4v) is 3.05. The first-order valence-corrected chi connectivity index (χ1v) is 7.93. The van der Waals surface area contributed by atoms with E-state index in [1.165, 1.54) is 4.90 Å². The minimum Gasteiger partial charge on any atom is -0.464 e. The summed E-state index contributed by atoms with van der Waals surface area (Å²) in [6.45, 7) is 0. The van der Waals surface area contributed by atoms with Crippen LogP contribution >= 0.6 is 11.8 Å². The number of nitrogens with zero attached hydrogens (tertiary/aromatic N) is 2. The predicted molar refractivity (Wildman–Crippen MR) is 87.6 cm³/mol. The summed E-state index contributed by atoms with van der Waals surface area (Å²) >= 11 is 1.75. The van der Waals surface area contributed by atoms with Crippen LogP contribution in [0.4, 0.5) is 0 Å². The van der Waals surface area contributed by atoms with E-state index in [-0.39, 0.29) is 0 Å². The van der Waals surface area contributed by atoms with Gasteiger partial charge < -0.3 is 9.40 Å². The number of aromatic amines is 1. The summed E-state index contributed by atoms with van der Waals surface area (Å²) < 4.78 is 5.40. The Hall–Kier alpha value is -2.53. The minimum atomic E-state index is 0.735. The standard InChI is InChI=1S/C17H13N3OS/c1-2-5-13(6-3-1)22-11-16-19-14-9-12(10-18-17(14)20-16)15-7-4-8-21-15/h1-10H,11H2,(H,18,19,20). The largest absolute Gasteiger partial charge is 0.464 e. The maximum Gasteiger partial charge on any atom is 0.177 e. The summed E-state index contributed by atoms with van der Waals surface area (Å²) in [5, 5.41) is 0. The average molecular weight is 307 g/mol. The highest BCUT2D eigenvalue weighted by Gasteiger charge is 2.08. The van der Waals surface area contributed by atoms with Crippen LogP contribution in [0, 0.1) is 0 Å². The molecule has 0 aliphatic heterocycles. The molecule has 0 aliphatic carbocycles. The van der Waals surface area contributed by atoms with Gasteiger partial charge in [0.05, 0.1) is 17.5 Å². The van der Waals surface area contributed by atoms with Crippen LogP contribution in [0.15, 0.2) is 70.3 Å². The van der Waals surface area contributed by atoms with Crippen molar-refractivity contribution in [3.05, 3.63) is 66.8 Å². The lowest BCUT2D eigenvalue weighted by molar-refractivity contribution is 0.582. The van der Waals surface area contributed by atoms with E-state index in [1.54, 1.807) is 24.2 Å². The van der Waals surface area contributed by atoms with Gasteiger partial charge in [0.1, 0.15) is 11.6 Å². The Morgan fingerprint density at radius 3 is 2.82 bits per heavy atom. The van der Waals surface area contributed by atoms with Crippen molar-refractivity contribution < 1.29 is 4.42 Å². The SMILES string of the molecule is c1ccc(SCc2nc3ncc(-c4ccco4)cc3[nH]2)cc1. The molecule has 0 spiro atoms. The molecule has 1 N–H and O–H groups in total. The molecule has 0 aliphatic rings. The molecule has 3 aromatic heterocycles. The van der Waals surface area contributed by atoms with E-state index in [0.717, 1.165) is 34.1 Å². The van der Waals surface area contributed by atoms with Crippen LogP contribution in [0.1, 0.15) is 5.82 Å². The molecule has 0 fully saturated rings. The molecule has 0 atom stereocenters. The second-order valence-corrected chi connectivity index (χ2v) is 5.91. The van der Waals surface area contributed by atoms with Gasteiger partial charge in [0.2, 0.25) is 0 Å². The predicted octanol–water partition coefficient (Wildman–Crippen LogP) is 4.51. The molecular weight excluding hydrogens is 294 g/mol. The van der Waals surface area contributed by atoms with Gasteiger partial charge in [0.15, 0.2) is 5.65 Å². The molecule has 0 radical (unpaired) electrons. The molecule has 4 aromatic rings. The zero-order valence-corrected chi connectivity index (χ0v) is 12.5. The first kappa shape index (κ1) is 13.2. The van der Waals surface area contributed by atoms with E-state index in [4.69, 9.17) is 4.42 Å². The number of aromatic nitrogens is 3. The molecule has 1 aromatic carbocycles. The van der Waals surface area contributed by atoms with Crippen LogP contribution in [0.5, 0.6) is 0 Å². The van der Waals surface area contributed by atoms with E-state index in [0.29, 0.717) is 0 Å². The third-order valence-electron chi connectivity index (χ3n) is 3.31. The number of rotatable bonds is 4. The highest BCUT2D eigenvalue weighted by atomic mass is 32.2. The van der Waals surface area contributed by atoms with Crippen molar-refractivity contribution in [3.63, 3.8) is 0 Å². The van der Waals surface area contributed by atoms with Crippen molar-refractivity contribution in [1.82, 2.24) is 15.0 Å². The summed E-state index contributed by atoms with van der Waals surface area (Å²) in [7, 11) is 0. The summed E-state index contributed by atoms with van der Waals surface area (Å²) in [5.41, 5.74) is 2.61. The minimum absolute atomic E-state index is 0.735. The summed E-state index contributed by atoms with van der Waals surface area (Å²) in [4.78, 5) is 13.5. The molecule has 0 amide bonds. The van der Waals surface area contributed by atoms with Gasteiger partial charge in [-0.15, -0.1) is 11.8 Å². The summed E-state index contributed by atoms with van der Waals surface area (Å²) in [5.74, 6) is 2.52. The molecule has 108 valence electrons.